The SMILES string of the molecule is Cc1c(C)c(C)c(-c2c(C)c(C)c(C)c(C)c2-c2c(C)c(C)c(C)c(C)c2C)c(C)c1C.Cc1c(C)c2c(C)c(C)c(C)c3c4c(C)c(C)c(C)c5c(C)c(C)c(C)c(c(c1C)c23)c54.Cc1c(C)c2c(C)c(C)c3c(C)c(C)c(C)c4c(C)c(C)c(c1C)c2c34.Cc1c(C)c2c3c(c1C)C(C)(C)C(C)(C)c1c(C)c(C)c(C)c(c1-3)C(C)(C)C2(C)C.Cc1cc2c(c(C)c1C)-c1c(C)c(C)c(C)c(C)c1C(C)(C)C2(C)C. The fourth-order valence-corrected chi connectivity index (χ4v) is 30.0. The van der Waals surface area contributed by atoms with Crippen LogP contribution in [0.15, 0.2) is 6.07 Å². The monoisotopic (exact) mass is 1930 g/mol. The first-order chi connectivity index (χ1) is 66.6. The Morgan fingerprint density at radius 3 is 0.441 bits per heavy atom. The quantitative estimate of drug-likeness (QED) is 0.120. The maximum absolute atomic E-state index is 2.49. The molecule has 16 aromatic rings. The number of rotatable bonds is 2. The molecular weight excluding hydrogens is 1740 g/mol. The van der Waals surface area contributed by atoms with Gasteiger partial charge in [-0.15, -0.1) is 0 Å². The van der Waals surface area contributed by atoms with Gasteiger partial charge in [0, 0.05) is 0 Å². The highest BCUT2D eigenvalue weighted by atomic mass is 14.6. The first kappa shape index (κ1) is 109. The van der Waals surface area contributed by atoms with E-state index < -0.39 is 0 Å². The highest BCUT2D eigenvalue weighted by Gasteiger charge is 2.57. The fraction of sp³-hybridized carbons (Fsp3) is 0.462. The molecule has 0 radical (unpaired) electrons. The van der Waals surface area contributed by atoms with E-state index in [9.17, 15) is 0 Å². The van der Waals surface area contributed by atoms with E-state index >= 15 is 0 Å². The van der Waals surface area contributed by atoms with E-state index in [1.165, 1.54) is 387 Å². The highest BCUT2D eigenvalue weighted by molar-refractivity contribution is 6.38. The van der Waals surface area contributed by atoms with Crippen molar-refractivity contribution in [1.29, 1.82) is 0 Å². The molecule has 0 unspecified atom stereocenters. The molecule has 0 bridgehead atoms. The average molecular weight is 1930 g/mol. The van der Waals surface area contributed by atoms with Crippen LogP contribution in [0.1, 0.15) is 389 Å². The van der Waals surface area contributed by atoms with E-state index in [1.54, 1.807) is 38.9 Å². The number of aryl methyl sites for hydroxylation is 17. The van der Waals surface area contributed by atoms with E-state index in [2.05, 4.69) is 428 Å². The molecule has 0 N–H and O–H groups in total. The Bertz CT molecular complexity index is 7740. The molecule has 0 amide bonds. The van der Waals surface area contributed by atoms with Crippen LogP contribution in [0.2, 0.25) is 0 Å². The Morgan fingerprint density at radius 1 is 0.0966 bits per heavy atom. The Labute approximate surface area is 880 Å². The predicted octanol–water partition coefficient (Wildman–Crippen LogP) is 41.9. The van der Waals surface area contributed by atoms with Crippen molar-refractivity contribution >= 4 is 75.4 Å². The van der Waals surface area contributed by atoms with Gasteiger partial charge in [-0.25, -0.2) is 0 Å². The molecule has 0 aliphatic heterocycles. The van der Waals surface area contributed by atoms with Crippen LogP contribution in [0.4, 0.5) is 0 Å². The van der Waals surface area contributed by atoms with E-state index in [0.717, 1.165) is 0 Å². The molecule has 0 heterocycles. The molecule has 0 saturated carbocycles. The second-order valence-electron chi connectivity index (χ2n) is 51.1. The molecule has 0 fully saturated rings. The lowest BCUT2D eigenvalue weighted by Gasteiger charge is -2.58. The third kappa shape index (κ3) is 14.2. The van der Waals surface area contributed by atoms with Gasteiger partial charge in [-0.3, -0.25) is 0 Å². The van der Waals surface area contributed by atoms with Crippen molar-refractivity contribution in [2.45, 2.75) is 455 Å². The summed E-state index contributed by atoms with van der Waals surface area (Å²) in [5.74, 6) is 0. The summed E-state index contributed by atoms with van der Waals surface area (Å²) in [7, 11) is 0. The van der Waals surface area contributed by atoms with E-state index in [4.69, 9.17) is 0 Å². The first-order valence-corrected chi connectivity index (χ1v) is 55.1. The maximum atomic E-state index is 2.49. The Hall–Kier alpha value is -10.1. The second kappa shape index (κ2) is 35.5. The van der Waals surface area contributed by atoms with Crippen molar-refractivity contribution < 1.29 is 0 Å². The van der Waals surface area contributed by atoms with Crippen LogP contribution >= 0.6 is 0 Å². The minimum atomic E-state index is 0.0634. The largest absolute Gasteiger partial charge is 0.0549 e. The summed E-state index contributed by atoms with van der Waals surface area (Å²) in [5, 5.41) is 20.9. The molecule has 0 aromatic heterocycles. The van der Waals surface area contributed by atoms with Crippen LogP contribution in [-0.4, -0.2) is 0 Å². The van der Waals surface area contributed by atoms with Crippen LogP contribution < -0.4 is 0 Å². The van der Waals surface area contributed by atoms with Crippen LogP contribution in [0.25, 0.3) is 120 Å². The summed E-state index contributed by atoms with van der Waals surface area (Å²) >= 11 is 0. The summed E-state index contributed by atoms with van der Waals surface area (Å²) in [6.45, 7) is 143. The molecule has 3 aliphatic rings. The minimum absolute atomic E-state index is 0.0634. The van der Waals surface area contributed by atoms with Gasteiger partial charge >= 0.3 is 0 Å². The topological polar surface area (TPSA) is 0 Å². The summed E-state index contributed by atoms with van der Waals surface area (Å²) in [6.07, 6.45) is 0. The van der Waals surface area contributed by atoms with Gasteiger partial charge in [0.05, 0.1) is 0 Å². The molecule has 19 rings (SSSR count). The molecule has 0 nitrogen and oxygen atoms in total. The van der Waals surface area contributed by atoms with Gasteiger partial charge in [-0.2, -0.15) is 0 Å². The predicted molar refractivity (Wildman–Crippen MR) is 649 cm³/mol. The molecule has 145 heavy (non-hydrogen) atoms. The molecule has 0 saturated heterocycles. The zero-order valence-electron chi connectivity index (χ0n) is 103. The molecule has 0 atom stereocenters. The Morgan fingerprint density at radius 2 is 0.228 bits per heavy atom. The van der Waals surface area contributed by atoms with Gasteiger partial charge in [0.15, 0.2) is 0 Å². The van der Waals surface area contributed by atoms with Crippen LogP contribution in [0, 0.1) is 339 Å². The van der Waals surface area contributed by atoms with Crippen LogP contribution in [0.3, 0.4) is 0 Å². The van der Waals surface area contributed by atoms with Crippen molar-refractivity contribution in [3.8, 4) is 44.5 Å². The minimum Gasteiger partial charge on any atom is -0.0549 e. The van der Waals surface area contributed by atoms with Gasteiger partial charge < -0.3 is 0 Å². The summed E-state index contributed by atoms with van der Waals surface area (Å²) in [6, 6.07) is 2.46. The highest BCUT2D eigenvalue weighted by Crippen LogP contribution is 2.68. The van der Waals surface area contributed by atoms with Crippen molar-refractivity contribution in [3.63, 3.8) is 0 Å². The molecule has 0 spiro atoms. The molecule has 3 aliphatic carbocycles. The summed E-state index contributed by atoms with van der Waals surface area (Å²) < 4.78 is 0. The molecule has 0 heteroatoms. The van der Waals surface area contributed by atoms with E-state index in [0.29, 0.717) is 0 Å². The van der Waals surface area contributed by atoms with Gasteiger partial charge in [-0.05, 0) is 798 Å². The van der Waals surface area contributed by atoms with Gasteiger partial charge in [0.25, 0.3) is 0 Å². The zero-order chi connectivity index (χ0) is 109. The van der Waals surface area contributed by atoms with Gasteiger partial charge in [0.2, 0.25) is 0 Å². The normalized spacial score (nSPS) is 14.8. The smallest absolute Gasteiger partial charge is 0.000274 e. The molecule has 764 valence electrons. The van der Waals surface area contributed by atoms with Crippen LogP contribution in [-0.2, 0) is 32.5 Å². The Kier molecular flexibility index (Phi) is 26.7. The van der Waals surface area contributed by atoms with Crippen LogP contribution in [0.5, 0.6) is 0 Å². The average Bonchev–Trinajstić information content (AvgIpc) is 0.643. The number of hydrogen-bond acceptors (Lipinski definition) is 0. The number of fused-ring (bicyclic) bond motifs is 5. The molecule has 16 aromatic carbocycles. The van der Waals surface area contributed by atoms with Crippen molar-refractivity contribution in [1.82, 2.24) is 0 Å². The van der Waals surface area contributed by atoms with Crippen molar-refractivity contribution in [2.24, 2.45) is 0 Å². The van der Waals surface area contributed by atoms with Crippen molar-refractivity contribution in [2.75, 3.05) is 0 Å². The fourth-order valence-electron chi connectivity index (χ4n) is 30.0. The third-order valence-corrected chi connectivity index (χ3v) is 44.9. The van der Waals surface area contributed by atoms with Gasteiger partial charge in [0.1, 0.15) is 0 Å². The lowest BCUT2D eigenvalue weighted by Crippen LogP contribution is -2.51. The van der Waals surface area contributed by atoms with E-state index in [1.807, 2.05) is 0 Å². The van der Waals surface area contributed by atoms with Gasteiger partial charge in [-0.1, -0.05) is 89.2 Å². The zero-order valence-corrected chi connectivity index (χ0v) is 103. The van der Waals surface area contributed by atoms with Crippen molar-refractivity contribution in [3.05, 3.63) is 312 Å². The number of benzene rings is 16. The van der Waals surface area contributed by atoms with E-state index in [-0.39, 0.29) is 32.5 Å². The standard InChI is InChI=1S/C32H36.C32H42.C30H42.C26H30.C25H34/c1-13-17(5)25-18(6)14(2)23(11)29-30-24(12)16(4)20(8)26-19(7)15(3)22(10)28(32(26)30)27(21(13)9)31(25)29;1-15-17(3)23(9)29(24(10)18(15)4)31-27(13)21(7)22(8)28(14)32(31)30-25(11)19(5)16(2)20(6)26(30)12;1-15-17(3)23-21-22-25(29(11,12)27(23,7)8)19(5)16(2)20(6)26(22)30(13,14)28(9,10)24(21)18(15)4;1-11-13(3)21-17(7)19(9)23-15(5)12(2)16(6)24-20(10)18(8)22(14(11)4)25(21)26(23)24;1-13-12-20-21(17(5)14(13)2)22-18(6)15(3)16(4)19(7)23(22)25(10,11)24(20,8)9/h1-12H3;1-14H3;1-14H3;1-10H3;12H,1-11H3. The summed E-state index contributed by atoms with van der Waals surface area (Å²) in [4.78, 5) is 0. The lowest BCUT2D eigenvalue weighted by atomic mass is 9.45. The first-order valence-electron chi connectivity index (χ1n) is 55.1. The number of hydrogen-bond donors (Lipinski definition) is 0. The third-order valence-electron chi connectivity index (χ3n) is 44.9. The Balaban J connectivity index is 0.000000137. The molecular formula is C145H184. The maximum Gasteiger partial charge on any atom is -0.000274 e. The summed E-state index contributed by atoms with van der Waals surface area (Å²) in [5.41, 5.74) is 93.0. The lowest BCUT2D eigenvalue weighted by molar-refractivity contribution is 0.272. The second-order valence-corrected chi connectivity index (χ2v) is 51.1.